The second kappa shape index (κ2) is 13.3. The van der Waals surface area contributed by atoms with Crippen LogP contribution in [-0.4, -0.2) is 17.9 Å². The van der Waals surface area contributed by atoms with E-state index in [2.05, 4.69) is 145 Å². The third-order valence-corrected chi connectivity index (χ3v) is 11.0. The van der Waals surface area contributed by atoms with Crippen molar-refractivity contribution in [2.45, 2.75) is 5.41 Å². The van der Waals surface area contributed by atoms with Crippen molar-refractivity contribution >= 4 is 17.9 Å². The van der Waals surface area contributed by atoms with Gasteiger partial charge in [-0.05, 0) is 84.5 Å². The van der Waals surface area contributed by atoms with Crippen molar-refractivity contribution in [3.8, 4) is 44.5 Å². The Kier molecular flexibility index (Phi) is 7.85. The summed E-state index contributed by atoms with van der Waals surface area (Å²) in [4.78, 5) is 9.50. The smallest absolute Gasteiger partial charge is 0.161 e. The first-order chi connectivity index (χ1) is 27.2. The molecule has 0 aromatic heterocycles. The fourth-order valence-electron chi connectivity index (χ4n) is 8.71. The highest BCUT2D eigenvalue weighted by molar-refractivity contribution is 6.13. The maximum Gasteiger partial charge on any atom is 0.161 e. The quantitative estimate of drug-likeness (QED) is 0.137. The molecule has 258 valence electrons. The lowest BCUT2D eigenvalue weighted by Gasteiger charge is -2.30. The zero-order valence-electron chi connectivity index (χ0n) is 30.0. The Labute approximate surface area is 321 Å². The summed E-state index contributed by atoms with van der Waals surface area (Å²) in [6, 6.07) is 70.5. The van der Waals surface area contributed by atoms with Gasteiger partial charge in [-0.2, -0.15) is 0 Å². The van der Waals surface area contributed by atoms with E-state index >= 15 is 0 Å². The molecule has 0 fully saturated rings. The molecule has 0 saturated heterocycles. The molecule has 0 heterocycles. The summed E-state index contributed by atoms with van der Waals surface area (Å²) in [5.74, 6) is 0.662. The molecule has 2 aliphatic rings. The summed E-state index contributed by atoms with van der Waals surface area (Å²) in [6.07, 6.45) is 1.84. The fraction of sp³-hybridized carbons (Fsp3) is 0.0192. The molecule has 0 bridgehead atoms. The number of nitrogens with zero attached hydrogens (tertiary/aromatic N) is 2. The van der Waals surface area contributed by atoms with Gasteiger partial charge in [-0.1, -0.05) is 188 Å². The van der Waals surface area contributed by atoms with Crippen molar-refractivity contribution < 1.29 is 0 Å². The largest absolute Gasteiger partial charge is 0.282 e. The van der Waals surface area contributed by atoms with E-state index in [1.54, 1.807) is 0 Å². The molecule has 2 aliphatic carbocycles. The van der Waals surface area contributed by atoms with Crippen molar-refractivity contribution in [2.75, 3.05) is 0 Å². The number of amidine groups is 2. The first kappa shape index (κ1) is 32.4. The highest BCUT2D eigenvalue weighted by Crippen LogP contribution is 2.63. The van der Waals surface area contributed by atoms with Gasteiger partial charge in [-0.15, -0.1) is 0 Å². The summed E-state index contributed by atoms with van der Waals surface area (Å²) < 4.78 is 0. The molecule has 0 radical (unpaired) electrons. The summed E-state index contributed by atoms with van der Waals surface area (Å²) >= 11 is 0. The molecule has 1 spiro atoms. The molecule has 10 rings (SSSR count). The van der Waals surface area contributed by atoms with Gasteiger partial charge in [-0.3, -0.25) is 5.41 Å². The maximum atomic E-state index is 8.67. The van der Waals surface area contributed by atoms with Crippen molar-refractivity contribution in [1.82, 2.24) is 0 Å². The number of hydrogen-bond acceptors (Lipinski definition) is 1. The highest BCUT2D eigenvalue weighted by atomic mass is 14.9. The van der Waals surface area contributed by atoms with Crippen LogP contribution >= 0.6 is 0 Å². The van der Waals surface area contributed by atoms with Gasteiger partial charge in [0.15, 0.2) is 11.7 Å². The van der Waals surface area contributed by atoms with Crippen LogP contribution in [0, 0.1) is 5.41 Å². The molecule has 1 N–H and O–H groups in total. The molecule has 0 aliphatic heterocycles. The van der Waals surface area contributed by atoms with E-state index in [-0.39, 0.29) is 11.3 Å². The molecule has 55 heavy (non-hydrogen) atoms. The van der Waals surface area contributed by atoms with Crippen LogP contribution in [0.5, 0.6) is 0 Å². The van der Waals surface area contributed by atoms with Gasteiger partial charge in [0.25, 0.3) is 0 Å². The van der Waals surface area contributed by atoms with E-state index in [1.807, 2.05) is 66.9 Å². The number of nitrogens with one attached hydrogen (secondary N) is 1. The third kappa shape index (κ3) is 5.32. The van der Waals surface area contributed by atoms with Gasteiger partial charge >= 0.3 is 0 Å². The molecular weight excluding hydrogens is 667 g/mol. The standard InChI is InChI=1S/C52H35N3/c53-50(36-17-3-1-4-18-36)55-51(37-19-5-2-6-20-37)54-34-35-16-13-21-38(32-35)39-22-14-23-40(33-39)41-27-15-31-48-49(41)44-26-9-12-30-47(44)52(48)45-28-10-7-24-42(45)43-25-8-11-29-46(43)52/h1-34,53H/b53-50?,54-34+,55-51-. The minimum Gasteiger partial charge on any atom is -0.282 e. The lowest BCUT2D eigenvalue weighted by Crippen LogP contribution is -2.25. The summed E-state index contributed by atoms with van der Waals surface area (Å²) in [5.41, 5.74) is 17.4. The van der Waals surface area contributed by atoms with E-state index in [0.717, 1.165) is 27.8 Å². The average molecular weight is 702 g/mol. The predicted molar refractivity (Wildman–Crippen MR) is 227 cm³/mol. The van der Waals surface area contributed by atoms with Gasteiger partial charge in [-0.25, -0.2) is 9.98 Å². The van der Waals surface area contributed by atoms with E-state index in [9.17, 15) is 0 Å². The predicted octanol–water partition coefficient (Wildman–Crippen LogP) is 12.3. The van der Waals surface area contributed by atoms with Crippen LogP contribution < -0.4 is 0 Å². The van der Waals surface area contributed by atoms with Crippen LogP contribution in [0.4, 0.5) is 0 Å². The fourth-order valence-corrected chi connectivity index (χ4v) is 8.71. The first-order valence-electron chi connectivity index (χ1n) is 18.7. The van der Waals surface area contributed by atoms with E-state index in [4.69, 9.17) is 10.4 Å². The van der Waals surface area contributed by atoms with Crippen LogP contribution in [0.1, 0.15) is 38.9 Å². The summed E-state index contributed by atoms with van der Waals surface area (Å²) in [7, 11) is 0. The van der Waals surface area contributed by atoms with Crippen LogP contribution in [0.2, 0.25) is 0 Å². The van der Waals surface area contributed by atoms with Gasteiger partial charge in [0.2, 0.25) is 0 Å². The topological polar surface area (TPSA) is 48.6 Å². The Balaban J connectivity index is 1.05. The molecular formula is C52H35N3. The van der Waals surface area contributed by atoms with Crippen molar-refractivity contribution in [3.63, 3.8) is 0 Å². The number of rotatable bonds is 5. The second-order valence-electron chi connectivity index (χ2n) is 14.1. The maximum absolute atomic E-state index is 8.67. The highest BCUT2D eigenvalue weighted by Gasteiger charge is 2.51. The van der Waals surface area contributed by atoms with Gasteiger partial charge in [0.05, 0.1) is 5.41 Å². The molecule has 0 amide bonds. The summed E-state index contributed by atoms with van der Waals surface area (Å²) in [6.45, 7) is 0. The van der Waals surface area contributed by atoms with Crippen LogP contribution in [0.3, 0.4) is 0 Å². The van der Waals surface area contributed by atoms with E-state index in [1.165, 1.54) is 55.6 Å². The van der Waals surface area contributed by atoms with E-state index in [0.29, 0.717) is 5.84 Å². The lowest BCUT2D eigenvalue weighted by molar-refractivity contribution is 0.794. The summed E-state index contributed by atoms with van der Waals surface area (Å²) in [5, 5.41) is 8.67. The van der Waals surface area contributed by atoms with E-state index < -0.39 is 0 Å². The number of hydrogen-bond donors (Lipinski definition) is 1. The van der Waals surface area contributed by atoms with Crippen molar-refractivity contribution in [3.05, 3.63) is 239 Å². The van der Waals surface area contributed by atoms with Crippen LogP contribution in [-0.2, 0) is 5.41 Å². The third-order valence-electron chi connectivity index (χ3n) is 11.0. The number of aliphatic imine (C=N–C) groups is 2. The van der Waals surface area contributed by atoms with Gasteiger partial charge < -0.3 is 0 Å². The van der Waals surface area contributed by atoms with Gasteiger partial charge in [0, 0.05) is 17.3 Å². The number of benzene rings is 8. The zero-order valence-corrected chi connectivity index (χ0v) is 30.0. The number of fused-ring (bicyclic) bond motifs is 10. The molecule has 8 aromatic rings. The monoisotopic (exact) mass is 701 g/mol. The molecule has 8 aromatic carbocycles. The normalized spacial score (nSPS) is 13.3. The van der Waals surface area contributed by atoms with Gasteiger partial charge in [0.1, 0.15) is 0 Å². The van der Waals surface area contributed by atoms with Crippen molar-refractivity contribution in [2.24, 2.45) is 9.98 Å². The Morgan fingerprint density at radius 2 is 0.909 bits per heavy atom. The Morgan fingerprint density at radius 1 is 0.418 bits per heavy atom. The second-order valence-corrected chi connectivity index (χ2v) is 14.1. The van der Waals surface area contributed by atoms with Crippen LogP contribution in [0.25, 0.3) is 44.5 Å². The molecule has 0 saturated carbocycles. The lowest BCUT2D eigenvalue weighted by atomic mass is 9.70. The Morgan fingerprint density at radius 3 is 1.60 bits per heavy atom. The zero-order chi connectivity index (χ0) is 36.8. The SMILES string of the molecule is N=C(/N=C(\N=C\c1cccc(-c2cccc(-c3cccc4c3-c3ccccc3C43c4ccccc4-c4ccccc43)c2)c1)c1ccccc1)c1ccccc1. The van der Waals surface area contributed by atoms with Crippen LogP contribution in [0.15, 0.2) is 210 Å². The molecule has 3 heteroatoms. The molecule has 3 nitrogen and oxygen atoms in total. The Bertz CT molecular complexity index is 2780. The minimum atomic E-state index is -0.373. The average Bonchev–Trinajstić information content (AvgIpc) is 3.73. The Hall–Kier alpha value is -7.23. The molecule has 0 atom stereocenters. The van der Waals surface area contributed by atoms with Crippen molar-refractivity contribution in [1.29, 1.82) is 5.41 Å². The molecule has 0 unspecified atom stereocenters. The first-order valence-corrected chi connectivity index (χ1v) is 18.7. The minimum absolute atomic E-state index is 0.171.